The highest BCUT2D eigenvalue weighted by Gasteiger charge is 2.34. The minimum Gasteiger partial charge on any atom is -0.399 e. The average Bonchev–Trinajstić information content (AvgIpc) is 3.22. The number of nitrogens with zero attached hydrogens (tertiary/aromatic N) is 1. The van der Waals surface area contributed by atoms with Crippen molar-refractivity contribution in [1.82, 2.24) is 10.2 Å². The molecule has 1 unspecified atom stereocenters. The molecule has 1 aromatic rings. The van der Waals surface area contributed by atoms with E-state index < -0.39 is 0 Å². The molecule has 1 aromatic carbocycles. The first-order valence-electron chi connectivity index (χ1n) is 8.06. The van der Waals surface area contributed by atoms with Crippen LogP contribution in [0.1, 0.15) is 31.2 Å². The van der Waals surface area contributed by atoms with E-state index in [0.29, 0.717) is 12.3 Å². The molecule has 3 rings (SSSR count). The number of anilines is 1. The van der Waals surface area contributed by atoms with Gasteiger partial charge in [-0.25, -0.2) is 0 Å². The molecule has 0 bridgehead atoms. The number of amides is 1. The number of rotatable bonds is 6. The summed E-state index contributed by atoms with van der Waals surface area (Å²) in [7, 11) is 0. The monoisotopic (exact) mass is 287 g/mol. The average molecular weight is 287 g/mol. The Morgan fingerprint density at radius 2 is 2.19 bits per heavy atom. The van der Waals surface area contributed by atoms with Crippen molar-refractivity contribution in [2.75, 3.05) is 25.4 Å². The van der Waals surface area contributed by atoms with Gasteiger partial charge >= 0.3 is 0 Å². The number of nitrogens with one attached hydrogen (secondary N) is 1. The molecule has 1 saturated heterocycles. The van der Waals surface area contributed by atoms with Crippen LogP contribution in [-0.2, 0) is 11.2 Å². The van der Waals surface area contributed by atoms with E-state index >= 15 is 0 Å². The predicted molar refractivity (Wildman–Crippen MR) is 84.9 cm³/mol. The van der Waals surface area contributed by atoms with Crippen LogP contribution in [0.3, 0.4) is 0 Å². The molecule has 114 valence electrons. The smallest absolute Gasteiger partial charge is 0.220 e. The second-order valence-corrected chi connectivity index (χ2v) is 6.43. The molecule has 2 aliphatic rings. The summed E-state index contributed by atoms with van der Waals surface area (Å²) in [6, 6.07) is 8.63. The predicted octanol–water partition coefficient (Wildman–Crippen LogP) is 1.80. The Morgan fingerprint density at radius 1 is 1.33 bits per heavy atom. The highest BCUT2D eigenvalue weighted by molar-refractivity contribution is 5.76. The first kappa shape index (κ1) is 14.4. The lowest BCUT2D eigenvalue weighted by molar-refractivity contribution is -0.121. The standard InChI is InChI=1S/C17H25N3O/c18-15-3-1-2-13(10-15)4-7-17(21)19-11-14-8-9-20(12-14)16-5-6-16/h1-3,10,14,16H,4-9,11-12,18H2,(H,19,21). The van der Waals surface area contributed by atoms with Crippen molar-refractivity contribution in [1.29, 1.82) is 0 Å². The number of carbonyl (C=O) groups is 1. The minimum atomic E-state index is 0.155. The molecule has 0 spiro atoms. The SMILES string of the molecule is Nc1cccc(CCC(=O)NCC2CCN(C3CC3)C2)c1. The van der Waals surface area contributed by atoms with Gasteiger partial charge in [0.1, 0.15) is 0 Å². The zero-order valence-corrected chi connectivity index (χ0v) is 12.6. The summed E-state index contributed by atoms with van der Waals surface area (Å²) < 4.78 is 0. The number of nitrogen functional groups attached to an aromatic ring is 1. The topological polar surface area (TPSA) is 58.4 Å². The molecule has 0 aromatic heterocycles. The summed E-state index contributed by atoms with van der Waals surface area (Å²) in [5.41, 5.74) is 7.64. The van der Waals surface area contributed by atoms with Gasteiger partial charge in [-0.2, -0.15) is 0 Å². The fourth-order valence-corrected chi connectivity index (χ4v) is 3.15. The third-order valence-electron chi connectivity index (χ3n) is 4.56. The minimum absolute atomic E-state index is 0.155. The summed E-state index contributed by atoms with van der Waals surface area (Å²) in [6.07, 6.45) is 5.28. The normalized spacial score (nSPS) is 22.4. The number of likely N-dealkylation sites (tertiary alicyclic amines) is 1. The highest BCUT2D eigenvalue weighted by atomic mass is 16.1. The Morgan fingerprint density at radius 3 is 2.95 bits per heavy atom. The van der Waals surface area contributed by atoms with Crippen molar-refractivity contribution in [2.45, 2.75) is 38.1 Å². The van der Waals surface area contributed by atoms with E-state index in [4.69, 9.17) is 5.73 Å². The Bertz CT molecular complexity index is 499. The van der Waals surface area contributed by atoms with E-state index in [2.05, 4.69) is 10.2 Å². The molecule has 1 atom stereocenters. The number of nitrogens with two attached hydrogens (primary N) is 1. The van der Waals surface area contributed by atoms with Crippen LogP contribution in [0, 0.1) is 5.92 Å². The molecule has 21 heavy (non-hydrogen) atoms. The van der Waals surface area contributed by atoms with Gasteiger partial charge in [-0.1, -0.05) is 12.1 Å². The summed E-state index contributed by atoms with van der Waals surface area (Å²) in [5.74, 6) is 0.796. The molecule has 1 amide bonds. The van der Waals surface area contributed by atoms with Crippen LogP contribution in [0.4, 0.5) is 5.69 Å². The van der Waals surface area contributed by atoms with Crippen LogP contribution >= 0.6 is 0 Å². The van der Waals surface area contributed by atoms with Crippen LogP contribution in [0.2, 0.25) is 0 Å². The number of benzene rings is 1. The molecule has 4 heteroatoms. The van der Waals surface area contributed by atoms with Crippen molar-refractivity contribution in [2.24, 2.45) is 5.92 Å². The van der Waals surface area contributed by atoms with E-state index in [1.165, 1.54) is 32.4 Å². The first-order valence-corrected chi connectivity index (χ1v) is 8.06. The summed E-state index contributed by atoms with van der Waals surface area (Å²) in [4.78, 5) is 14.5. The van der Waals surface area contributed by atoms with Gasteiger partial charge in [-0.15, -0.1) is 0 Å². The van der Waals surface area contributed by atoms with Crippen LogP contribution in [0.5, 0.6) is 0 Å². The summed E-state index contributed by atoms with van der Waals surface area (Å²) >= 11 is 0. The molecule has 4 nitrogen and oxygen atoms in total. The van der Waals surface area contributed by atoms with Gasteiger partial charge in [0.15, 0.2) is 0 Å². The van der Waals surface area contributed by atoms with E-state index in [9.17, 15) is 4.79 Å². The second-order valence-electron chi connectivity index (χ2n) is 6.43. The second kappa shape index (κ2) is 6.48. The van der Waals surface area contributed by atoms with Gasteiger partial charge in [-0.05, 0) is 55.8 Å². The fraction of sp³-hybridized carbons (Fsp3) is 0.588. The lowest BCUT2D eigenvalue weighted by Crippen LogP contribution is -2.31. The van der Waals surface area contributed by atoms with Crippen LogP contribution in [0.25, 0.3) is 0 Å². The van der Waals surface area contributed by atoms with Gasteiger partial charge in [0.25, 0.3) is 0 Å². The van der Waals surface area contributed by atoms with Crippen molar-refractivity contribution in [3.8, 4) is 0 Å². The Kier molecular flexibility index (Phi) is 4.44. The summed E-state index contributed by atoms with van der Waals surface area (Å²) in [5, 5.41) is 3.09. The molecule has 2 fully saturated rings. The van der Waals surface area contributed by atoms with Crippen molar-refractivity contribution in [3.05, 3.63) is 29.8 Å². The molecule has 1 heterocycles. The van der Waals surface area contributed by atoms with Crippen LogP contribution in [0.15, 0.2) is 24.3 Å². The van der Waals surface area contributed by atoms with E-state index in [1.807, 2.05) is 24.3 Å². The first-order chi connectivity index (χ1) is 10.2. The Hall–Kier alpha value is -1.55. The summed E-state index contributed by atoms with van der Waals surface area (Å²) in [6.45, 7) is 3.22. The maximum atomic E-state index is 11.9. The van der Waals surface area contributed by atoms with Gasteiger partial charge in [-0.3, -0.25) is 4.79 Å². The number of carbonyl (C=O) groups excluding carboxylic acids is 1. The molecular weight excluding hydrogens is 262 g/mol. The number of hydrogen-bond acceptors (Lipinski definition) is 3. The van der Waals surface area contributed by atoms with Crippen molar-refractivity contribution >= 4 is 11.6 Å². The lowest BCUT2D eigenvalue weighted by atomic mass is 10.1. The lowest BCUT2D eigenvalue weighted by Gasteiger charge is -2.15. The van der Waals surface area contributed by atoms with Crippen LogP contribution < -0.4 is 11.1 Å². The van der Waals surface area contributed by atoms with E-state index in [1.54, 1.807) is 0 Å². The third-order valence-corrected chi connectivity index (χ3v) is 4.56. The Labute approximate surface area is 126 Å². The fourth-order valence-electron chi connectivity index (χ4n) is 3.15. The van der Waals surface area contributed by atoms with Gasteiger partial charge in [0.2, 0.25) is 5.91 Å². The molecule has 3 N–H and O–H groups in total. The highest BCUT2D eigenvalue weighted by Crippen LogP contribution is 2.31. The third kappa shape index (κ3) is 4.21. The van der Waals surface area contributed by atoms with Gasteiger partial charge in [0.05, 0.1) is 0 Å². The number of aryl methyl sites for hydroxylation is 1. The maximum Gasteiger partial charge on any atom is 0.220 e. The van der Waals surface area contributed by atoms with Crippen molar-refractivity contribution in [3.63, 3.8) is 0 Å². The molecule has 0 radical (unpaired) electrons. The van der Waals surface area contributed by atoms with E-state index in [-0.39, 0.29) is 5.91 Å². The molecule has 1 aliphatic heterocycles. The van der Waals surface area contributed by atoms with Crippen LogP contribution in [-0.4, -0.2) is 36.5 Å². The van der Waals surface area contributed by atoms with Crippen molar-refractivity contribution < 1.29 is 4.79 Å². The maximum absolute atomic E-state index is 11.9. The van der Waals surface area contributed by atoms with E-state index in [0.717, 1.165) is 30.3 Å². The Balaban J connectivity index is 1.35. The molecule has 1 aliphatic carbocycles. The van der Waals surface area contributed by atoms with Gasteiger partial charge in [0, 0.05) is 31.2 Å². The zero-order valence-electron chi connectivity index (χ0n) is 12.6. The zero-order chi connectivity index (χ0) is 14.7. The van der Waals surface area contributed by atoms with Gasteiger partial charge < -0.3 is 16.0 Å². The quantitative estimate of drug-likeness (QED) is 0.784. The molecule has 1 saturated carbocycles. The molecular formula is C17H25N3O. The number of hydrogen-bond donors (Lipinski definition) is 2. The largest absolute Gasteiger partial charge is 0.399 e.